The Bertz CT molecular complexity index is 647. The topological polar surface area (TPSA) is 64.9 Å². The molecular formula is C15H19N5O. The van der Waals surface area contributed by atoms with Gasteiger partial charge in [0.05, 0.1) is 12.1 Å². The second-order valence-electron chi connectivity index (χ2n) is 5.70. The van der Waals surface area contributed by atoms with Crippen molar-refractivity contribution in [1.82, 2.24) is 19.7 Å². The minimum absolute atomic E-state index is 0.269. The van der Waals surface area contributed by atoms with Crippen LogP contribution in [0.25, 0.3) is 11.5 Å². The summed E-state index contributed by atoms with van der Waals surface area (Å²) in [7, 11) is 0. The Balaban J connectivity index is 1.70. The van der Waals surface area contributed by atoms with Gasteiger partial charge in [-0.2, -0.15) is 4.98 Å². The maximum absolute atomic E-state index is 5.85. The quantitative estimate of drug-likeness (QED) is 0.916. The maximum atomic E-state index is 5.85. The molecule has 6 heteroatoms. The van der Waals surface area contributed by atoms with E-state index in [9.17, 15) is 0 Å². The molecule has 2 aliphatic rings. The Morgan fingerprint density at radius 3 is 3.05 bits per heavy atom. The molecule has 2 unspecified atom stereocenters. The summed E-state index contributed by atoms with van der Waals surface area (Å²) in [4.78, 5) is 9.12. The van der Waals surface area contributed by atoms with Gasteiger partial charge in [0.15, 0.2) is 0 Å². The molecule has 1 saturated heterocycles. The molecule has 21 heavy (non-hydrogen) atoms. The van der Waals surface area contributed by atoms with E-state index in [0.29, 0.717) is 5.82 Å². The molecule has 6 nitrogen and oxygen atoms in total. The number of hydrogen-bond acceptors (Lipinski definition) is 5. The number of anilines is 1. The van der Waals surface area contributed by atoms with Gasteiger partial charge in [-0.3, -0.25) is 0 Å². The monoisotopic (exact) mass is 285 g/mol. The highest BCUT2D eigenvalue weighted by atomic mass is 16.5. The molecule has 0 aromatic carbocycles. The van der Waals surface area contributed by atoms with Crippen LogP contribution in [-0.4, -0.2) is 39.0 Å². The van der Waals surface area contributed by atoms with Gasteiger partial charge in [0.2, 0.25) is 11.8 Å². The normalized spacial score (nSPS) is 24.6. The second kappa shape index (κ2) is 5.11. The minimum Gasteiger partial charge on any atom is -0.376 e. The van der Waals surface area contributed by atoms with Gasteiger partial charge in [0.25, 0.3) is 0 Å². The molecule has 2 aromatic rings. The van der Waals surface area contributed by atoms with Gasteiger partial charge < -0.3 is 10.1 Å². The molecule has 0 aliphatic carbocycles. The molecule has 0 bridgehead atoms. The lowest BCUT2D eigenvalue weighted by molar-refractivity contribution is 0.0591. The zero-order chi connectivity index (χ0) is 14.2. The number of nitrogens with one attached hydrogen (secondary N) is 1. The summed E-state index contributed by atoms with van der Waals surface area (Å²) in [6, 6.07) is 6.21. The van der Waals surface area contributed by atoms with E-state index in [1.807, 2.05) is 29.8 Å². The molecule has 2 aromatic heterocycles. The van der Waals surface area contributed by atoms with Crippen LogP contribution in [0.1, 0.15) is 31.0 Å². The van der Waals surface area contributed by atoms with Crippen molar-refractivity contribution in [3.05, 3.63) is 23.9 Å². The fraction of sp³-hybridized carbons (Fsp3) is 0.533. The summed E-state index contributed by atoms with van der Waals surface area (Å²) in [5.41, 5.74) is 1.80. The van der Waals surface area contributed by atoms with Crippen molar-refractivity contribution in [2.45, 2.75) is 38.3 Å². The Hall–Kier alpha value is -1.95. The molecule has 0 radical (unpaired) electrons. The number of nitrogens with zero attached hydrogens (tertiary/aromatic N) is 4. The first-order chi connectivity index (χ1) is 10.3. The first-order valence-electron chi connectivity index (χ1n) is 7.57. The van der Waals surface area contributed by atoms with E-state index in [4.69, 9.17) is 4.74 Å². The van der Waals surface area contributed by atoms with Crippen LogP contribution >= 0.6 is 0 Å². The lowest BCUT2D eigenvalue weighted by atomic mass is 10.0. The van der Waals surface area contributed by atoms with Crippen LogP contribution in [0.5, 0.6) is 0 Å². The van der Waals surface area contributed by atoms with Crippen LogP contribution in [0.2, 0.25) is 0 Å². The molecule has 1 N–H and O–H groups in total. The Labute approximate surface area is 123 Å². The van der Waals surface area contributed by atoms with Gasteiger partial charge in [-0.05, 0) is 38.3 Å². The lowest BCUT2D eigenvalue weighted by Gasteiger charge is -2.28. The van der Waals surface area contributed by atoms with Crippen molar-refractivity contribution in [2.24, 2.45) is 0 Å². The number of aromatic nitrogens is 4. The summed E-state index contributed by atoms with van der Waals surface area (Å²) < 4.78 is 7.85. The number of hydrogen-bond donors (Lipinski definition) is 1. The van der Waals surface area contributed by atoms with Crippen molar-refractivity contribution >= 4 is 5.95 Å². The zero-order valence-electron chi connectivity index (χ0n) is 12.1. The third kappa shape index (κ3) is 2.29. The van der Waals surface area contributed by atoms with Gasteiger partial charge in [0.1, 0.15) is 5.69 Å². The summed E-state index contributed by atoms with van der Waals surface area (Å²) in [6.45, 7) is 3.77. The Morgan fingerprint density at radius 1 is 1.29 bits per heavy atom. The van der Waals surface area contributed by atoms with E-state index in [1.54, 1.807) is 0 Å². The van der Waals surface area contributed by atoms with E-state index < -0.39 is 0 Å². The third-order valence-corrected chi connectivity index (χ3v) is 4.18. The predicted molar refractivity (Wildman–Crippen MR) is 79.1 cm³/mol. The van der Waals surface area contributed by atoms with Crippen LogP contribution in [0.15, 0.2) is 18.2 Å². The maximum Gasteiger partial charge on any atom is 0.222 e. The number of ether oxygens (including phenoxy) is 1. The number of rotatable bonds is 2. The minimum atomic E-state index is 0.269. The van der Waals surface area contributed by atoms with Gasteiger partial charge >= 0.3 is 0 Å². The van der Waals surface area contributed by atoms with Gasteiger partial charge in [0, 0.05) is 18.8 Å². The van der Waals surface area contributed by atoms with Crippen molar-refractivity contribution in [3.8, 4) is 11.5 Å². The summed E-state index contributed by atoms with van der Waals surface area (Å²) >= 11 is 0. The van der Waals surface area contributed by atoms with E-state index in [2.05, 4.69) is 20.4 Å². The standard InChI is InChI=1S/C15H19N5O/c1-10-4-2-5-11(17-10)14-18-15-16-8-7-12(20(15)19-14)13-6-3-9-21-13/h2,4-5,12-13H,3,6-9H2,1H3,(H,16,18,19). The average Bonchev–Trinajstić information content (AvgIpc) is 3.16. The first-order valence-corrected chi connectivity index (χ1v) is 7.57. The molecule has 2 aliphatic heterocycles. The molecule has 2 atom stereocenters. The van der Waals surface area contributed by atoms with Crippen molar-refractivity contribution < 1.29 is 4.74 Å². The predicted octanol–water partition coefficient (Wildman–Crippen LogP) is 2.18. The van der Waals surface area contributed by atoms with Crippen LogP contribution in [-0.2, 0) is 4.74 Å². The number of aryl methyl sites for hydroxylation is 1. The van der Waals surface area contributed by atoms with Crippen molar-refractivity contribution in [2.75, 3.05) is 18.5 Å². The highest BCUT2D eigenvalue weighted by Crippen LogP contribution is 2.32. The van der Waals surface area contributed by atoms with E-state index in [-0.39, 0.29) is 12.1 Å². The van der Waals surface area contributed by atoms with Gasteiger partial charge in [-0.1, -0.05) is 6.07 Å². The fourth-order valence-corrected chi connectivity index (χ4v) is 3.15. The molecular weight excluding hydrogens is 266 g/mol. The Morgan fingerprint density at radius 2 is 2.24 bits per heavy atom. The van der Waals surface area contributed by atoms with Gasteiger partial charge in [-0.15, -0.1) is 5.10 Å². The number of pyridine rings is 1. The molecule has 0 amide bonds. The fourth-order valence-electron chi connectivity index (χ4n) is 3.15. The summed E-state index contributed by atoms with van der Waals surface area (Å²) in [5.74, 6) is 1.52. The van der Waals surface area contributed by atoms with Crippen molar-refractivity contribution in [3.63, 3.8) is 0 Å². The second-order valence-corrected chi connectivity index (χ2v) is 5.70. The third-order valence-electron chi connectivity index (χ3n) is 4.18. The van der Waals surface area contributed by atoms with Crippen molar-refractivity contribution in [1.29, 1.82) is 0 Å². The highest BCUT2D eigenvalue weighted by molar-refractivity contribution is 5.51. The van der Waals surface area contributed by atoms with Crippen LogP contribution in [0, 0.1) is 6.92 Å². The molecule has 0 saturated carbocycles. The highest BCUT2D eigenvalue weighted by Gasteiger charge is 2.32. The SMILES string of the molecule is Cc1cccc(-c2nc3n(n2)C(C2CCCO2)CCN3)n1. The van der Waals surface area contributed by atoms with Gasteiger partial charge in [-0.25, -0.2) is 9.67 Å². The Kier molecular flexibility index (Phi) is 3.11. The van der Waals surface area contributed by atoms with E-state index in [1.165, 1.54) is 0 Å². The van der Waals surface area contributed by atoms with Crippen LogP contribution in [0.4, 0.5) is 5.95 Å². The zero-order valence-corrected chi connectivity index (χ0v) is 12.1. The van der Waals surface area contributed by atoms with E-state index >= 15 is 0 Å². The molecule has 1 fully saturated rings. The first kappa shape index (κ1) is 12.8. The smallest absolute Gasteiger partial charge is 0.222 e. The molecule has 110 valence electrons. The van der Waals surface area contributed by atoms with Crippen LogP contribution in [0.3, 0.4) is 0 Å². The summed E-state index contributed by atoms with van der Waals surface area (Å²) in [5, 5.41) is 8.02. The summed E-state index contributed by atoms with van der Waals surface area (Å²) in [6.07, 6.45) is 3.56. The van der Waals surface area contributed by atoms with Crippen LogP contribution < -0.4 is 5.32 Å². The number of fused-ring (bicyclic) bond motifs is 1. The average molecular weight is 285 g/mol. The molecule has 4 heterocycles. The lowest BCUT2D eigenvalue weighted by Crippen LogP contribution is -2.32. The largest absolute Gasteiger partial charge is 0.376 e. The molecule has 0 spiro atoms. The van der Waals surface area contributed by atoms with E-state index in [0.717, 1.165) is 49.8 Å². The molecule has 4 rings (SSSR count).